The van der Waals surface area contributed by atoms with Gasteiger partial charge in [0.25, 0.3) is 0 Å². The Bertz CT molecular complexity index is 1250. The minimum Gasteiger partial charge on any atom is -0.488 e. The van der Waals surface area contributed by atoms with E-state index in [4.69, 9.17) is 20.9 Å². The van der Waals surface area contributed by atoms with Gasteiger partial charge >= 0.3 is 0 Å². The number of nitrogens with zero attached hydrogens (tertiary/aromatic N) is 1. The standard InChI is InChI=1S/C20H19ClN2O5S/c1-20(2)7-6-11-8-12(4-5-16(11)27-20)18(24)13-10-17-14(9-15(13)21)19(22-28-17)23-29(3,25)26/h4-5,8-10H,6-7H2,1-3H3,(H,22,23). The third kappa shape index (κ3) is 3.95. The van der Waals surface area contributed by atoms with Gasteiger partial charge < -0.3 is 9.26 Å². The molecule has 4 rings (SSSR count). The second kappa shape index (κ2) is 6.74. The number of hydrogen-bond donors (Lipinski definition) is 1. The lowest BCUT2D eigenvalue weighted by Gasteiger charge is -2.32. The van der Waals surface area contributed by atoms with Gasteiger partial charge in [0.05, 0.1) is 16.7 Å². The van der Waals surface area contributed by atoms with E-state index in [0.29, 0.717) is 10.9 Å². The molecule has 0 aliphatic carbocycles. The molecule has 0 amide bonds. The molecule has 1 aliphatic rings. The highest BCUT2D eigenvalue weighted by Crippen LogP contribution is 2.35. The number of halogens is 1. The summed E-state index contributed by atoms with van der Waals surface area (Å²) in [4.78, 5) is 13.1. The van der Waals surface area contributed by atoms with E-state index in [-0.39, 0.29) is 33.4 Å². The van der Waals surface area contributed by atoms with Crippen molar-refractivity contribution in [2.24, 2.45) is 0 Å². The largest absolute Gasteiger partial charge is 0.488 e. The maximum absolute atomic E-state index is 13.1. The van der Waals surface area contributed by atoms with Gasteiger partial charge in [-0.05, 0) is 62.6 Å². The Kier molecular flexibility index (Phi) is 4.59. The quantitative estimate of drug-likeness (QED) is 0.618. The van der Waals surface area contributed by atoms with Crippen molar-refractivity contribution >= 4 is 44.2 Å². The number of ether oxygens (including phenoxy) is 1. The summed E-state index contributed by atoms with van der Waals surface area (Å²) in [5.74, 6) is 0.543. The molecule has 1 aliphatic heterocycles. The van der Waals surface area contributed by atoms with E-state index in [1.54, 1.807) is 12.1 Å². The van der Waals surface area contributed by atoms with Crippen molar-refractivity contribution < 1.29 is 22.5 Å². The molecule has 1 aromatic heterocycles. The number of nitrogens with one attached hydrogen (secondary N) is 1. The van der Waals surface area contributed by atoms with E-state index < -0.39 is 10.0 Å². The molecule has 2 heterocycles. The van der Waals surface area contributed by atoms with Gasteiger partial charge in [0, 0.05) is 11.1 Å². The van der Waals surface area contributed by atoms with Crippen molar-refractivity contribution in [3.05, 3.63) is 52.0 Å². The first-order valence-corrected chi connectivity index (χ1v) is 11.2. The maximum Gasteiger partial charge on any atom is 0.231 e. The Balaban J connectivity index is 1.70. The van der Waals surface area contributed by atoms with E-state index in [0.717, 1.165) is 30.4 Å². The van der Waals surface area contributed by atoms with Gasteiger partial charge in [0.2, 0.25) is 10.0 Å². The van der Waals surface area contributed by atoms with E-state index >= 15 is 0 Å². The number of sulfonamides is 1. The Morgan fingerprint density at radius 3 is 2.72 bits per heavy atom. The molecule has 0 bridgehead atoms. The van der Waals surface area contributed by atoms with Gasteiger partial charge in [-0.3, -0.25) is 9.52 Å². The van der Waals surface area contributed by atoms with E-state index in [1.807, 2.05) is 19.9 Å². The number of fused-ring (bicyclic) bond motifs is 2. The van der Waals surface area contributed by atoms with E-state index in [9.17, 15) is 13.2 Å². The Hall–Kier alpha value is -2.58. The van der Waals surface area contributed by atoms with Crippen LogP contribution in [0.25, 0.3) is 11.0 Å². The molecule has 152 valence electrons. The number of benzene rings is 2. The minimum absolute atomic E-state index is 0.0249. The first-order valence-electron chi connectivity index (χ1n) is 8.96. The topological polar surface area (TPSA) is 98.5 Å². The third-order valence-electron chi connectivity index (χ3n) is 4.79. The average molecular weight is 435 g/mol. The van der Waals surface area contributed by atoms with Crippen molar-refractivity contribution in [3.63, 3.8) is 0 Å². The molecule has 0 saturated heterocycles. The Morgan fingerprint density at radius 2 is 2.00 bits per heavy atom. The van der Waals surface area contributed by atoms with Crippen LogP contribution in [0.2, 0.25) is 5.02 Å². The van der Waals surface area contributed by atoms with Crippen LogP contribution in [-0.2, 0) is 16.4 Å². The summed E-state index contributed by atoms with van der Waals surface area (Å²) in [6.45, 7) is 4.07. The fourth-order valence-corrected chi connectivity index (χ4v) is 4.08. The van der Waals surface area contributed by atoms with Crippen LogP contribution in [-0.4, -0.2) is 31.2 Å². The number of aryl methyl sites for hydroxylation is 1. The molecule has 29 heavy (non-hydrogen) atoms. The lowest BCUT2D eigenvalue weighted by Crippen LogP contribution is -2.32. The highest BCUT2D eigenvalue weighted by Gasteiger charge is 2.27. The molecular formula is C20H19ClN2O5S. The number of ketones is 1. The highest BCUT2D eigenvalue weighted by molar-refractivity contribution is 7.92. The number of carbonyl (C=O) groups excluding carboxylic acids is 1. The van der Waals surface area contributed by atoms with Crippen molar-refractivity contribution in [2.75, 3.05) is 11.0 Å². The summed E-state index contributed by atoms with van der Waals surface area (Å²) in [6, 6.07) is 8.28. The zero-order valence-corrected chi connectivity index (χ0v) is 17.6. The third-order valence-corrected chi connectivity index (χ3v) is 5.67. The molecule has 2 aromatic carbocycles. The van der Waals surface area contributed by atoms with Crippen LogP contribution >= 0.6 is 11.6 Å². The molecule has 0 unspecified atom stereocenters. The number of carbonyl (C=O) groups is 1. The van der Waals surface area contributed by atoms with Crippen LogP contribution in [0.4, 0.5) is 5.82 Å². The number of anilines is 1. The normalized spacial score (nSPS) is 15.6. The zero-order valence-electron chi connectivity index (χ0n) is 16.1. The molecule has 0 saturated carbocycles. The summed E-state index contributed by atoms with van der Waals surface area (Å²) in [7, 11) is -3.53. The van der Waals surface area contributed by atoms with Crippen molar-refractivity contribution in [2.45, 2.75) is 32.3 Å². The van der Waals surface area contributed by atoms with Crippen LogP contribution in [0.1, 0.15) is 41.8 Å². The van der Waals surface area contributed by atoms with Crippen molar-refractivity contribution in [3.8, 4) is 5.75 Å². The molecule has 9 heteroatoms. The molecule has 0 atom stereocenters. The van der Waals surface area contributed by atoms with Crippen LogP contribution in [0.5, 0.6) is 5.75 Å². The predicted molar refractivity (Wildman–Crippen MR) is 110 cm³/mol. The van der Waals surface area contributed by atoms with Crippen LogP contribution in [0.15, 0.2) is 34.9 Å². The molecule has 0 radical (unpaired) electrons. The van der Waals surface area contributed by atoms with Gasteiger partial charge in [0.15, 0.2) is 17.2 Å². The number of aromatic nitrogens is 1. The SMILES string of the molecule is CC1(C)CCc2cc(C(=O)c3cc4onc(NS(C)(=O)=O)c4cc3Cl)ccc2O1. The van der Waals surface area contributed by atoms with Gasteiger partial charge in [-0.15, -0.1) is 0 Å². The smallest absolute Gasteiger partial charge is 0.231 e. The van der Waals surface area contributed by atoms with Crippen molar-refractivity contribution in [1.29, 1.82) is 0 Å². The molecular weight excluding hydrogens is 416 g/mol. The Morgan fingerprint density at radius 1 is 1.24 bits per heavy atom. The van der Waals surface area contributed by atoms with E-state index in [2.05, 4.69) is 9.88 Å². The maximum atomic E-state index is 13.1. The van der Waals surface area contributed by atoms with Gasteiger partial charge in [-0.1, -0.05) is 16.8 Å². The summed E-state index contributed by atoms with van der Waals surface area (Å²) in [5, 5.41) is 4.27. The first kappa shape index (κ1) is 19.7. The molecule has 7 nitrogen and oxygen atoms in total. The van der Waals surface area contributed by atoms with Crippen LogP contribution < -0.4 is 9.46 Å². The Labute approximate surface area is 173 Å². The zero-order chi connectivity index (χ0) is 21.0. The van der Waals surface area contributed by atoms with Gasteiger partial charge in [-0.2, -0.15) is 0 Å². The molecule has 3 aromatic rings. The molecule has 1 N–H and O–H groups in total. The van der Waals surface area contributed by atoms with Crippen molar-refractivity contribution in [1.82, 2.24) is 5.16 Å². The van der Waals surface area contributed by atoms with Crippen LogP contribution in [0.3, 0.4) is 0 Å². The summed E-state index contributed by atoms with van der Waals surface area (Å²) in [5.41, 5.74) is 1.75. The molecule has 0 fully saturated rings. The highest BCUT2D eigenvalue weighted by atomic mass is 35.5. The van der Waals surface area contributed by atoms with Crippen LogP contribution in [0, 0.1) is 0 Å². The monoisotopic (exact) mass is 434 g/mol. The van der Waals surface area contributed by atoms with E-state index in [1.165, 1.54) is 12.1 Å². The fraction of sp³-hybridized carbons (Fsp3) is 0.300. The first-order chi connectivity index (χ1) is 13.5. The number of hydrogen-bond acceptors (Lipinski definition) is 6. The summed E-state index contributed by atoms with van der Waals surface area (Å²) < 4.78 is 36.3. The summed E-state index contributed by atoms with van der Waals surface area (Å²) in [6.07, 6.45) is 2.69. The molecule has 0 spiro atoms. The lowest BCUT2D eigenvalue weighted by atomic mass is 9.92. The van der Waals surface area contributed by atoms with Gasteiger partial charge in [-0.25, -0.2) is 8.42 Å². The average Bonchev–Trinajstić information content (AvgIpc) is 2.99. The minimum atomic E-state index is -3.53. The van der Waals surface area contributed by atoms with Gasteiger partial charge in [0.1, 0.15) is 11.4 Å². The predicted octanol–water partition coefficient (Wildman–Crippen LogP) is 4.19. The second-order valence-electron chi connectivity index (χ2n) is 7.75. The number of rotatable bonds is 4. The fourth-order valence-electron chi connectivity index (χ4n) is 3.34. The lowest BCUT2D eigenvalue weighted by molar-refractivity contribution is 0.0846. The second-order valence-corrected chi connectivity index (χ2v) is 9.90. The summed E-state index contributed by atoms with van der Waals surface area (Å²) >= 11 is 6.34.